The first-order valence-corrected chi connectivity index (χ1v) is 4.76. The van der Waals surface area contributed by atoms with Gasteiger partial charge in [0.1, 0.15) is 4.32 Å². The SMILES string of the molecule is C=Cc1ccc(CNC(=S)S)cc1. The molecular formula is C10H11NS2. The quantitative estimate of drug-likeness (QED) is 0.586. The highest BCUT2D eigenvalue weighted by Gasteiger charge is 1.92. The van der Waals surface area contributed by atoms with Crippen LogP contribution in [-0.2, 0) is 6.54 Å². The lowest BCUT2D eigenvalue weighted by Crippen LogP contribution is -2.15. The van der Waals surface area contributed by atoms with Crippen LogP contribution >= 0.6 is 24.8 Å². The molecule has 0 saturated heterocycles. The molecule has 0 spiro atoms. The first kappa shape index (κ1) is 10.3. The van der Waals surface area contributed by atoms with Gasteiger partial charge < -0.3 is 5.32 Å². The summed E-state index contributed by atoms with van der Waals surface area (Å²) in [6.45, 7) is 4.41. The van der Waals surface area contributed by atoms with Gasteiger partial charge in [-0.25, -0.2) is 0 Å². The number of rotatable bonds is 3. The zero-order valence-corrected chi connectivity index (χ0v) is 8.87. The summed E-state index contributed by atoms with van der Waals surface area (Å²) in [7, 11) is 0. The van der Waals surface area contributed by atoms with Gasteiger partial charge in [0.2, 0.25) is 0 Å². The zero-order chi connectivity index (χ0) is 9.68. The molecule has 0 heterocycles. The summed E-state index contributed by atoms with van der Waals surface area (Å²) in [6.07, 6.45) is 1.82. The Morgan fingerprint density at radius 3 is 2.54 bits per heavy atom. The molecule has 1 N–H and O–H groups in total. The van der Waals surface area contributed by atoms with Crippen molar-refractivity contribution in [1.82, 2.24) is 5.32 Å². The Morgan fingerprint density at radius 2 is 2.08 bits per heavy atom. The van der Waals surface area contributed by atoms with Gasteiger partial charge >= 0.3 is 0 Å². The van der Waals surface area contributed by atoms with Gasteiger partial charge in [-0.1, -0.05) is 49.1 Å². The zero-order valence-electron chi connectivity index (χ0n) is 7.16. The summed E-state index contributed by atoms with van der Waals surface area (Å²) in [5.41, 5.74) is 2.30. The number of benzene rings is 1. The van der Waals surface area contributed by atoms with Crippen LogP contribution in [0.2, 0.25) is 0 Å². The monoisotopic (exact) mass is 209 g/mol. The molecule has 0 unspecified atom stereocenters. The molecule has 1 nitrogen and oxygen atoms in total. The van der Waals surface area contributed by atoms with Crippen molar-refractivity contribution in [2.75, 3.05) is 0 Å². The lowest BCUT2D eigenvalue weighted by molar-refractivity contribution is 0.940. The lowest BCUT2D eigenvalue weighted by atomic mass is 10.1. The maximum Gasteiger partial charge on any atom is 0.130 e. The van der Waals surface area contributed by atoms with E-state index in [0.717, 1.165) is 12.1 Å². The maximum atomic E-state index is 4.78. The fourth-order valence-electron chi connectivity index (χ4n) is 0.949. The molecule has 0 aliphatic heterocycles. The van der Waals surface area contributed by atoms with Crippen molar-refractivity contribution < 1.29 is 0 Å². The van der Waals surface area contributed by atoms with Gasteiger partial charge in [-0.3, -0.25) is 0 Å². The van der Waals surface area contributed by atoms with Crippen LogP contribution in [0.4, 0.5) is 0 Å². The minimum atomic E-state index is 0.521. The molecule has 0 aliphatic rings. The molecule has 0 aliphatic carbocycles. The average molecular weight is 209 g/mol. The van der Waals surface area contributed by atoms with E-state index in [2.05, 4.69) is 24.5 Å². The molecule has 0 aromatic heterocycles. The Bertz CT molecular complexity index is 303. The predicted molar refractivity (Wildman–Crippen MR) is 65.0 cm³/mol. The van der Waals surface area contributed by atoms with E-state index in [1.54, 1.807) is 0 Å². The van der Waals surface area contributed by atoms with Crippen LogP contribution in [0.25, 0.3) is 6.08 Å². The third-order valence-corrected chi connectivity index (χ3v) is 1.96. The van der Waals surface area contributed by atoms with Gasteiger partial charge in [-0.05, 0) is 11.1 Å². The Balaban J connectivity index is 2.59. The smallest absolute Gasteiger partial charge is 0.130 e. The molecule has 3 heteroatoms. The molecule has 0 atom stereocenters. The van der Waals surface area contributed by atoms with Crippen LogP contribution in [0.3, 0.4) is 0 Å². The van der Waals surface area contributed by atoms with Gasteiger partial charge in [-0.2, -0.15) is 0 Å². The van der Waals surface area contributed by atoms with Crippen molar-refractivity contribution in [1.29, 1.82) is 0 Å². The topological polar surface area (TPSA) is 12.0 Å². The van der Waals surface area contributed by atoms with E-state index in [1.807, 2.05) is 30.3 Å². The highest BCUT2D eigenvalue weighted by molar-refractivity contribution is 8.11. The first-order valence-electron chi connectivity index (χ1n) is 3.90. The fraction of sp³-hybridized carbons (Fsp3) is 0.100. The molecule has 1 rings (SSSR count). The average Bonchev–Trinajstić information content (AvgIpc) is 2.15. The Kier molecular flexibility index (Phi) is 3.99. The second kappa shape index (κ2) is 5.04. The molecule has 1 aromatic rings. The van der Waals surface area contributed by atoms with E-state index in [4.69, 9.17) is 12.2 Å². The maximum absolute atomic E-state index is 4.78. The van der Waals surface area contributed by atoms with Crippen LogP contribution in [0.1, 0.15) is 11.1 Å². The molecule has 68 valence electrons. The minimum Gasteiger partial charge on any atom is -0.367 e. The molecule has 0 radical (unpaired) electrons. The summed E-state index contributed by atoms with van der Waals surface area (Å²) in [5, 5.41) is 2.97. The van der Waals surface area contributed by atoms with Crippen molar-refractivity contribution in [3.05, 3.63) is 42.0 Å². The summed E-state index contributed by atoms with van der Waals surface area (Å²) in [5.74, 6) is 0. The molecule has 1 aromatic carbocycles. The predicted octanol–water partition coefficient (Wildman–Crippen LogP) is 2.63. The minimum absolute atomic E-state index is 0.521. The van der Waals surface area contributed by atoms with Crippen LogP contribution < -0.4 is 5.32 Å². The third-order valence-electron chi connectivity index (χ3n) is 1.66. The van der Waals surface area contributed by atoms with Gasteiger partial charge in [0.05, 0.1) is 0 Å². The molecule has 13 heavy (non-hydrogen) atoms. The number of hydrogen-bond acceptors (Lipinski definition) is 1. The van der Waals surface area contributed by atoms with Gasteiger partial charge in [0.25, 0.3) is 0 Å². The second-order valence-corrected chi connectivity index (χ2v) is 3.76. The number of nitrogens with one attached hydrogen (secondary N) is 1. The van der Waals surface area contributed by atoms with Crippen molar-refractivity contribution in [3.63, 3.8) is 0 Å². The highest BCUT2D eigenvalue weighted by atomic mass is 32.1. The van der Waals surface area contributed by atoms with Crippen molar-refractivity contribution in [2.45, 2.75) is 6.54 Å². The van der Waals surface area contributed by atoms with Crippen LogP contribution in [0.5, 0.6) is 0 Å². The molecule has 0 fully saturated rings. The van der Waals surface area contributed by atoms with Gasteiger partial charge in [0, 0.05) is 6.54 Å². The van der Waals surface area contributed by atoms with E-state index in [0.29, 0.717) is 4.32 Å². The Hall–Kier alpha value is -0.800. The fourth-order valence-corrected chi connectivity index (χ4v) is 1.10. The van der Waals surface area contributed by atoms with Crippen LogP contribution in [0, 0.1) is 0 Å². The first-order chi connectivity index (χ1) is 6.22. The van der Waals surface area contributed by atoms with E-state index in [-0.39, 0.29) is 0 Å². The normalized spacial score (nSPS) is 9.31. The van der Waals surface area contributed by atoms with Crippen LogP contribution in [0.15, 0.2) is 30.8 Å². The van der Waals surface area contributed by atoms with E-state index in [1.165, 1.54) is 5.56 Å². The number of thiol groups is 1. The van der Waals surface area contributed by atoms with Gasteiger partial charge in [0.15, 0.2) is 0 Å². The van der Waals surface area contributed by atoms with E-state index < -0.39 is 0 Å². The van der Waals surface area contributed by atoms with Crippen LogP contribution in [-0.4, -0.2) is 4.32 Å². The van der Waals surface area contributed by atoms with Crippen molar-refractivity contribution in [3.8, 4) is 0 Å². The molecule has 0 bridgehead atoms. The highest BCUT2D eigenvalue weighted by Crippen LogP contribution is 2.05. The second-order valence-electron chi connectivity index (χ2n) is 2.60. The summed E-state index contributed by atoms with van der Waals surface area (Å²) >= 11 is 8.75. The lowest BCUT2D eigenvalue weighted by Gasteiger charge is -2.03. The Morgan fingerprint density at radius 1 is 1.46 bits per heavy atom. The summed E-state index contributed by atoms with van der Waals surface area (Å²) < 4.78 is 0.521. The van der Waals surface area contributed by atoms with E-state index in [9.17, 15) is 0 Å². The summed E-state index contributed by atoms with van der Waals surface area (Å²) in [4.78, 5) is 0. The summed E-state index contributed by atoms with van der Waals surface area (Å²) in [6, 6.07) is 8.11. The largest absolute Gasteiger partial charge is 0.367 e. The number of hydrogen-bond donors (Lipinski definition) is 2. The molecule has 0 amide bonds. The number of thiocarbonyl (C=S) groups is 1. The van der Waals surface area contributed by atoms with Gasteiger partial charge in [-0.15, -0.1) is 12.6 Å². The van der Waals surface area contributed by atoms with E-state index >= 15 is 0 Å². The van der Waals surface area contributed by atoms with Crippen molar-refractivity contribution >= 4 is 35.2 Å². The van der Waals surface area contributed by atoms with Crippen molar-refractivity contribution in [2.24, 2.45) is 0 Å². The molecule has 0 saturated carbocycles. The standard InChI is InChI=1S/C10H11NS2/c1-2-8-3-5-9(6-4-8)7-11-10(12)13/h2-6H,1,7H2,(H2,11,12,13). The third kappa shape index (κ3) is 3.61. The Labute approximate surface area is 89.3 Å². The molecular weight excluding hydrogens is 198 g/mol.